The molecule has 9 nitrogen and oxygen atoms in total. The smallest absolute Gasteiger partial charge is 0.244 e. The lowest BCUT2D eigenvalue weighted by Gasteiger charge is -2.25. The highest BCUT2D eigenvalue weighted by atomic mass is 35.5. The maximum Gasteiger partial charge on any atom is 0.244 e. The molecule has 3 rings (SSSR count). The van der Waals surface area contributed by atoms with Gasteiger partial charge in [0, 0.05) is 24.8 Å². The van der Waals surface area contributed by atoms with Gasteiger partial charge in [-0.25, -0.2) is 13.1 Å². The molecule has 0 saturated carbocycles. The van der Waals surface area contributed by atoms with E-state index in [-0.39, 0.29) is 42.4 Å². The molecule has 0 spiro atoms. The van der Waals surface area contributed by atoms with E-state index in [0.29, 0.717) is 5.56 Å². The summed E-state index contributed by atoms with van der Waals surface area (Å²) in [5.41, 5.74) is 2.14. The molecule has 1 saturated heterocycles. The zero-order valence-electron chi connectivity index (χ0n) is 19.8. The van der Waals surface area contributed by atoms with Gasteiger partial charge >= 0.3 is 0 Å². The Kier molecular flexibility index (Phi) is 10.2. The van der Waals surface area contributed by atoms with E-state index in [9.17, 15) is 18.0 Å². The Balaban J connectivity index is 0.00000432. The number of amidine groups is 1. The van der Waals surface area contributed by atoms with E-state index in [1.807, 2.05) is 47.4 Å². The lowest BCUT2D eigenvalue weighted by molar-refractivity contribution is -0.122. The minimum Gasteiger partial charge on any atom is -0.360 e. The van der Waals surface area contributed by atoms with E-state index in [2.05, 4.69) is 15.4 Å². The molecule has 1 fully saturated rings. The van der Waals surface area contributed by atoms with Gasteiger partial charge in [-0.3, -0.25) is 15.0 Å². The maximum absolute atomic E-state index is 12.9. The molecule has 0 aliphatic carbocycles. The average Bonchev–Trinajstić information content (AvgIpc) is 3.34. The molecular weight excluding hydrogens is 490 g/mol. The van der Waals surface area contributed by atoms with Crippen LogP contribution in [0.25, 0.3) is 0 Å². The molecule has 0 radical (unpaired) electrons. The highest BCUT2D eigenvalue weighted by Gasteiger charge is 2.30. The number of carbonyl (C=O) groups is 2. The number of anilines is 1. The number of benzene rings is 2. The molecule has 2 atom stereocenters. The number of rotatable bonds is 9. The summed E-state index contributed by atoms with van der Waals surface area (Å²) in [6, 6.07) is 14.9. The van der Waals surface area contributed by atoms with Crippen LogP contribution in [0.15, 0.2) is 54.6 Å². The van der Waals surface area contributed by atoms with Crippen molar-refractivity contribution in [3.63, 3.8) is 0 Å². The minimum atomic E-state index is -3.63. The Morgan fingerprint density at radius 2 is 1.77 bits per heavy atom. The number of likely N-dealkylation sites (N-methyl/N-ethyl adjacent to an activating group) is 1. The van der Waals surface area contributed by atoms with E-state index < -0.39 is 22.0 Å². The Labute approximate surface area is 212 Å². The van der Waals surface area contributed by atoms with Crippen molar-refractivity contribution in [1.29, 1.82) is 5.41 Å². The highest BCUT2D eigenvalue weighted by Crippen LogP contribution is 2.26. The molecular formula is C24H32ClN5O4S. The number of nitrogens with one attached hydrogen (secondary N) is 4. The largest absolute Gasteiger partial charge is 0.360 e. The number of hydrogen-bond acceptors (Lipinski definition) is 6. The SMILES string of the molecule is CCS(=O)(=O)N[C@H](Cc1ccccc1)C(=O)NC(=N)c1ccc(N2CCC[C@H]2C(=O)NC)cc1.Cl. The van der Waals surface area contributed by atoms with Crippen LogP contribution in [0.3, 0.4) is 0 Å². The van der Waals surface area contributed by atoms with Crippen molar-refractivity contribution < 1.29 is 18.0 Å². The van der Waals surface area contributed by atoms with Crippen molar-refractivity contribution in [2.75, 3.05) is 24.2 Å². The molecule has 1 aliphatic rings. The molecule has 1 aliphatic heterocycles. The monoisotopic (exact) mass is 521 g/mol. The lowest BCUT2D eigenvalue weighted by atomic mass is 10.1. The molecule has 35 heavy (non-hydrogen) atoms. The predicted octanol–water partition coefficient (Wildman–Crippen LogP) is 1.82. The van der Waals surface area contributed by atoms with Crippen molar-refractivity contribution in [3.05, 3.63) is 65.7 Å². The number of carbonyl (C=O) groups excluding carboxylic acids is 2. The van der Waals surface area contributed by atoms with Crippen LogP contribution in [0.4, 0.5) is 5.69 Å². The molecule has 1 heterocycles. The van der Waals surface area contributed by atoms with Gasteiger partial charge in [0.1, 0.15) is 17.9 Å². The Morgan fingerprint density at radius 1 is 1.11 bits per heavy atom. The van der Waals surface area contributed by atoms with E-state index >= 15 is 0 Å². The summed E-state index contributed by atoms with van der Waals surface area (Å²) in [6.45, 7) is 2.27. The third-order valence-corrected chi connectivity index (χ3v) is 7.24. The number of nitrogens with zero attached hydrogens (tertiary/aromatic N) is 1. The van der Waals surface area contributed by atoms with Crippen LogP contribution in [0.2, 0.25) is 0 Å². The molecule has 2 amide bonds. The topological polar surface area (TPSA) is 131 Å². The fourth-order valence-corrected chi connectivity index (χ4v) is 4.75. The Bertz CT molecular complexity index is 1130. The van der Waals surface area contributed by atoms with Gasteiger partial charge in [0.2, 0.25) is 21.8 Å². The van der Waals surface area contributed by atoms with Crippen molar-refractivity contribution >= 4 is 45.8 Å². The normalized spacial score (nSPS) is 16.2. The van der Waals surface area contributed by atoms with Crippen LogP contribution in [-0.2, 0) is 26.0 Å². The first-order valence-corrected chi connectivity index (χ1v) is 12.9. The van der Waals surface area contributed by atoms with Gasteiger partial charge in [0.15, 0.2) is 0 Å². The van der Waals surface area contributed by atoms with Crippen molar-refractivity contribution in [2.24, 2.45) is 0 Å². The summed E-state index contributed by atoms with van der Waals surface area (Å²) in [6.07, 6.45) is 1.86. The minimum absolute atomic E-state index is 0. The zero-order chi connectivity index (χ0) is 24.7. The molecule has 4 N–H and O–H groups in total. The number of hydrogen-bond donors (Lipinski definition) is 4. The fourth-order valence-electron chi connectivity index (χ4n) is 3.95. The average molecular weight is 522 g/mol. The first-order chi connectivity index (χ1) is 16.2. The van der Waals surface area contributed by atoms with Crippen LogP contribution in [0.5, 0.6) is 0 Å². The predicted molar refractivity (Wildman–Crippen MR) is 140 cm³/mol. The lowest BCUT2D eigenvalue weighted by Crippen LogP contribution is -2.49. The molecule has 2 aromatic rings. The number of halogens is 1. The summed E-state index contributed by atoms with van der Waals surface area (Å²) in [4.78, 5) is 27.1. The molecule has 190 valence electrons. The van der Waals surface area contributed by atoms with Gasteiger partial charge in [-0.05, 0) is 56.0 Å². The summed E-state index contributed by atoms with van der Waals surface area (Å²) in [5.74, 6) is -0.915. The van der Waals surface area contributed by atoms with Gasteiger partial charge in [-0.2, -0.15) is 0 Å². The van der Waals surface area contributed by atoms with E-state index in [1.165, 1.54) is 6.92 Å². The van der Waals surface area contributed by atoms with Crippen LogP contribution < -0.4 is 20.3 Å². The molecule has 0 aromatic heterocycles. The Morgan fingerprint density at radius 3 is 2.37 bits per heavy atom. The summed E-state index contributed by atoms with van der Waals surface area (Å²) >= 11 is 0. The van der Waals surface area contributed by atoms with E-state index in [4.69, 9.17) is 5.41 Å². The molecule has 11 heteroatoms. The second-order valence-corrected chi connectivity index (χ2v) is 10.2. The Hall–Kier alpha value is -2.95. The van der Waals surface area contributed by atoms with Crippen LogP contribution in [0.1, 0.15) is 30.9 Å². The van der Waals surface area contributed by atoms with Gasteiger partial charge in [0.25, 0.3) is 0 Å². The van der Waals surface area contributed by atoms with E-state index in [1.54, 1.807) is 19.2 Å². The quantitative estimate of drug-likeness (QED) is 0.295. The number of amides is 2. The van der Waals surface area contributed by atoms with Gasteiger partial charge < -0.3 is 15.5 Å². The highest BCUT2D eigenvalue weighted by molar-refractivity contribution is 7.89. The van der Waals surface area contributed by atoms with Crippen LogP contribution >= 0.6 is 12.4 Å². The second-order valence-electron chi connectivity index (χ2n) is 8.14. The molecule has 0 unspecified atom stereocenters. The zero-order valence-corrected chi connectivity index (χ0v) is 21.4. The van der Waals surface area contributed by atoms with Gasteiger partial charge in [0.05, 0.1) is 5.75 Å². The van der Waals surface area contributed by atoms with Gasteiger partial charge in [-0.1, -0.05) is 30.3 Å². The fraction of sp³-hybridized carbons (Fsp3) is 0.375. The first-order valence-electron chi connectivity index (χ1n) is 11.3. The third kappa shape index (κ3) is 7.51. The summed E-state index contributed by atoms with van der Waals surface area (Å²) < 4.78 is 26.7. The number of sulfonamides is 1. The van der Waals surface area contributed by atoms with Crippen LogP contribution in [-0.4, -0.2) is 57.5 Å². The summed E-state index contributed by atoms with van der Waals surface area (Å²) in [5, 5.41) is 13.6. The maximum atomic E-state index is 12.9. The van der Waals surface area contributed by atoms with Crippen molar-refractivity contribution in [3.8, 4) is 0 Å². The van der Waals surface area contributed by atoms with E-state index in [0.717, 1.165) is 30.6 Å². The molecule has 2 aromatic carbocycles. The van der Waals surface area contributed by atoms with Crippen molar-refractivity contribution in [1.82, 2.24) is 15.4 Å². The standard InChI is InChI=1S/C24H31N5O4S.ClH/c1-3-34(32,33)28-20(16-17-8-5-4-6-9-17)23(30)27-22(25)18-11-13-19(14-12-18)29-15-7-10-21(29)24(31)26-2;/h4-6,8-9,11-14,20-21,28H,3,7,10,15-16H2,1-2H3,(H,26,31)(H2,25,27,30);1H/t20-,21+;/m1./s1. The third-order valence-electron chi connectivity index (χ3n) is 5.84. The van der Waals surface area contributed by atoms with Gasteiger partial charge in [-0.15, -0.1) is 12.4 Å². The second kappa shape index (κ2) is 12.7. The van der Waals surface area contributed by atoms with Crippen LogP contribution in [0, 0.1) is 5.41 Å². The molecule has 0 bridgehead atoms. The van der Waals surface area contributed by atoms with Crippen molar-refractivity contribution in [2.45, 2.75) is 38.3 Å². The first kappa shape index (κ1) is 28.3. The summed E-state index contributed by atoms with van der Waals surface area (Å²) in [7, 11) is -2.01.